The van der Waals surface area contributed by atoms with Crippen LogP contribution in [0.1, 0.15) is 109 Å². The van der Waals surface area contributed by atoms with Gasteiger partial charge in [0.15, 0.2) is 5.82 Å². The van der Waals surface area contributed by atoms with Crippen molar-refractivity contribution in [2.24, 2.45) is 0 Å². The maximum atomic E-state index is 13.2. The van der Waals surface area contributed by atoms with Gasteiger partial charge in [0.25, 0.3) is 0 Å². The van der Waals surface area contributed by atoms with E-state index in [1.54, 1.807) is 32.0 Å². The molecule has 0 aliphatic heterocycles. The predicted octanol–water partition coefficient (Wildman–Crippen LogP) is 10.8. The van der Waals surface area contributed by atoms with Crippen molar-refractivity contribution >= 4 is 0 Å². The molecule has 0 bridgehead atoms. The Labute approximate surface area is 365 Å². The number of aryl methyl sites for hydroxylation is 4. The van der Waals surface area contributed by atoms with Gasteiger partial charge in [-0.15, -0.1) is 45.1 Å². The Morgan fingerprint density at radius 3 is 1.30 bits per heavy atom. The summed E-state index contributed by atoms with van der Waals surface area (Å²) < 4.78 is 30.6. The van der Waals surface area contributed by atoms with Gasteiger partial charge in [-0.2, -0.15) is 5.10 Å². The zero-order valence-corrected chi connectivity index (χ0v) is 37.8. The van der Waals surface area contributed by atoms with Crippen LogP contribution in [0.5, 0.6) is 0 Å². The molecule has 0 saturated heterocycles. The molecule has 12 heteroatoms. The van der Waals surface area contributed by atoms with E-state index in [1.807, 2.05) is 12.1 Å². The molecule has 0 amide bonds. The van der Waals surface area contributed by atoms with E-state index in [1.165, 1.54) is 24.3 Å². The van der Waals surface area contributed by atoms with Crippen LogP contribution in [-0.2, 0) is 40.2 Å². The van der Waals surface area contributed by atoms with Crippen LogP contribution in [0, 0.1) is 45.4 Å². The first kappa shape index (κ1) is 53.2. The minimum Gasteiger partial charge on any atom is -0.393 e. The average Bonchev–Trinajstić information content (AvgIpc) is 3.71. The maximum absolute atomic E-state index is 13.2. The Kier molecular flexibility index (Phi) is 22.6. The SMILES string of the molecule is C.C.CC(O)CC(C)O.Cc1cccc(C)c1-n1c(-c2[c-]cc(F)cc2)nnc1C(C)C.Cc1cccc(C)c1-n1c(-c2ccc(F)cc2)nnc1C(C)C.[Ir].[Ir]. The summed E-state index contributed by atoms with van der Waals surface area (Å²) in [6.07, 6.45) is -0.278. The van der Waals surface area contributed by atoms with Crippen LogP contribution in [-0.4, -0.2) is 51.9 Å². The second kappa shape index (κ2) is 24.2. The number of rotatable bonds is 8. The number of hydrogen-bond acceptors (Lipinski definition) is 6. The van der Waals surface area contributed by atoms with Gasteiger partial charge in [0.1, 0.15) is 17.5 Å². The molecule has 2 radical (unpaired) electrons. The molecule has 2 heterocycles. The average molecular weight is 1140 g/mol. The number of benzene rings is 4. The number of aliphatic hydroxyl groups excluding tert-OH is 2. The van der Waals surface area contributed by atoms with Crippen LogP contribution >= 0.6 is 0 Å². The van der Waals surface area contributed by atoms with Crippen molar-refractivity contribution in [2.75, 3.05) is 0 Å². The van der Waals surface area contributed by atoms with Crippen LogP contribution in [0.2, 0.25) is 0 Å². The molecule has 314 valence electrons. The zero-order valence-electron chi connectivity index (χ0n) is 33.0. The van der Waals surface area contributed by atoms with Crippen molar-refractivity contribution in [1.29, 1.82) is 0 Å². The Balaban J connectivity index is 0.000000891. The van der Waals surface area contributed by atoms with E-state index in [0.29, 0.717) is 12.2 Å². The van der Waals surface area contributed by atoms with Crippen molar-refractivity contribution in [1.82, 2.24) is 29.5 Å². The van der Waals surface area contributed by atoms with Crippen LogP contribution < -0.4 is 0 Å². The summed E-state index contributed by atoms with van der Waals surface area (Å²) >= 11 is 0. The molecule has 6 aromatic rings. The van der Waals surface area contributed by atoms with E-state index >= 15 is 0 Å². The summed E-state index contributed by atoms with van der Waals surface area (Å²) in [7, 11) is 0. The van der Waals surface area contributed by atoms with Crippen LogP contribution in [0.4, 0.5) is 8.78 Å². The second-order valence-electron chi connectivity index (χ2n) is 14.1. The molecule has 0 aliphatic rings. The van der Waals surface area contributed by atoms with E-state index in [9.17, 15) is 8.78 Å². The first-order chi connectivity index (χ1) is 25.1. The van der Waals surface area contributed by atoms with Crippen LogP contribution in [0.15, 0.2) is 78.9 Å². The summed E-state index contributed by atoms with van der Waals surface area (Å²) in [4.78, 5) is 0. The molecule has 4 aromatic carbocycles. The third kappa shape index (κ3) is 13.7. The van der Waals surface area contributed by atoms with Gasteiger partial charge in [0, 0.05) is 69.1 Å². The summed E-state index contributed by atoms with van der Waals surface area (Å²) in [6, 6.07) is 26.2. The number of para-hydroxylation sites is 2. The Morgan fingerprint density at radius 1 is 0.561 bits per heavy atom. The molecule has 0 aliphatic carbocycles. The summed E-state index contributed by atoms with van der Waals surface area (Å²) in [5.74, 6) is 3.10. The quantitative estimate of drug-likeness (QED) is 0.147. The molecule has 57 heavy (non-hydrogen) atoms. The van der Waals surface area contributed by atoms with Crippen LogP contribution in [0.3, 0.4) is 0 Å². The van der Waals surface area contributed by atoms with E-state index in [2.05, 4.69) is 115 Å². The van der Waals surface area contributed by atoms with Gasteiger partial charge < -0.3 is 14.8 Å². The number of nitrogens with zero attached hydrogens (tertiary/aromatic N) is 6. The van der Waals surface area contributed by atoms with Crippen molar-refractivity contribution < 1.29 is 59.2 Å². The fourth-order valence-corrected chi connectivity index (χ4v) is 6.10. The van der Waals surface area contributed by atoms with E-state index in [4.69, 9.17) is 10.2 Å². The van der Waals surface area contributed by atoms with Gasteiger partial charge in [0.2, 0.25) is 0 Å². The van der Waals surface area contributed by atoms with Gasteiger partial charge in [-0.3, -0.25) is 8.96 Å². The second-order valence-corrected chi connectivity index (χ2v) is 14.1. The molecule has 0 fully saturated rings. The van der Waals surface area contributed by atoms with Crippen molar-refractivity contribution in [3.63, 3.8) is 0 Å². The molecule has 2 aromatic heterocycles. The predicted molar refractivity (Wildman–Crippen MR) is 221 cm³/mol. The zero-order chi connectivity index (χ0) is 39.0. The van der Waals surface area contributed by atoms with E-state index in [0.717, 1.165) is 62.2 Å². The van der Waals surface area contributed by atoms with E-state index < -0.39 is 0 Å². The third-order valence-corrected chi connectivity index (χ3v) is 8.54. The normalized spacial score (nSPS) is 11.4. The summed E-state index contributed by atoms with van der Waals surface area (Å²) in [5.41, 5.74) is 8.38. The van der Waals surface area contributed by atoms with Gasteiger partial charge in [-0.25, -0.2) is 4.39 Å². The number of aromatic nitrogens is 6. The van der Waals surface area contributed by atoms with Gasteiger partial charge in [-0.05, 0) is 94.5 Å². The van der Waals surface area contributed by atoms with Gasteiger partial charge in [0.05, 0.1) is 23.7 Å². The van der Waals surface area contributed by atoms with Crippen molar-refractivity contribution in [3.8, 4) is 34.2 Å². The van der Waals surface area contributed by atoms with Gasteiger partial charge in [-0.1, -0.05) is 78.9 Å². The number of aliphatic hydroxyl groups is 2. The summed E-state index contributed by atoms with van der Waals surface area (Å²) in [6.45, 7) is 20.0. The molecular formula is C45H59F2Ir2N6O2-. The van der Waals surface area contributed by atoms with Crippen LogP contribution in [0.25, 0.3) is 34.2 Å². The minimum atomic E-state index is -0.375. The molecule has 6 rings (SSSR count). The van der Waals surface area contributed by atoms with Gasteiger partial charge >= 0.3 is 0 Å². The summed E-state index contributed by atoms with van der Waals surface area (Å²) in [5, 5.41) is 34.6. The minimum absolute atomic E-state index is 0. The molecule has 2 atom stereocenters. The number of halogens is 2. The molecule has 2 N–H and O–H groups in total. The van der Waals surface area contributed by atoms with Crippen molar-refractivity contribution in [3.05, 3.63) is 130 Å². The Morgan fingerprint density at radius 2 is 0.947 bits per heavy atom. The van der Waals surface area contributed by atoms with Crippen molar-refractivity contribution in [2.45, 2.75) is 115 Å². The maximum Gasteiger partial charge on any atom is 0.168 e. The largest absolute Gasteiger partial charge is 0.393 e. The van der Waals surface area contributed by atoms with E-state index in [-0.39, 0.29) is 90.7 Å². The molecule has 2 unspecified atom stereocenters. The fraction of sp³-hybridized carbons (Fsp3) is 0.378. The molecule has 8 nitrogen and oxygen atoms in total. The first-order valence-electron chi connectivity index (χ1n) is 17.9. The monoisotopic (exact) mass is 1140 g/mol. The molecular weight excluding hydrogens is 1080 g/mol. The molecule has 0 spiro atoms. The standard InChI is InChI=1S/C19H20FN3.C19H19FN3.C5H12O2.2CH4.2Ir/c2*1-12(2)18-21-22-19(15-8-10-16(20)11-9-15)23(18)17-13(3)6-5-7-14(17)4;1-4(6)3-5(2)7;;;;/h5-12H,1-4H3;5-8,10-12H,1-4H3;4-7H,3H2,1-2H3;2*1H4;;/q;-1;;;;;. The topological polar surface area (TPSA) is 102 Å². The third-order valence-electron chi connectivity index (χ3n) is 8.54. The fourth-order valence-electron chi connectivity index (χ4n) is 6.10. The number of hydrogen-bond donors (Lipinski definition) is 2. The molecule has 0 saturated carbocycles. The first-order valence-corrected chi connectivity index (χ1v) is 17.9. The Hall–Kier alpha value is -3.76. The smallest absolute Gasteiger partial charge is 0.168 e. The Bertz CT molecular complexity index is 1910.